The summed E-state index contributed by atoms with van der Waals surface area (Å²) in [6.07, 6.45) is 0. The van der Waals surface area contributed by atoms with Gasteiger partial charge in [0.1, 0.15) is 0 Å². The van der Waals surface area contributed by atoms with Crippen LogP contribution in [0.4, 0.5) is 16.2 Å². The highest BCUT2D eigenvalue weighted by Gasteiger charge is 2.08. The zero-order valence-electron chi connectivity index (χ0n) is 10.5. The van der Waals surface area contributed by atoms with Crippen molar-refractivity contribution in [3.05, 3.63) is 57.0 Å². The molecule has 6 heteroatoms. The van der Waals surface area contributed by atoms with Crippen molar-refractivity contribution in [1.29, 1.82) is 0 Å². The first-order valence-corrected chi connectivity index (χ1v) is 6.89. The predicted molar refractivity (Wildman–Crippen MR) is 85.3 cm³/mol. The topological polar surface area (TPSA) is 41.1 Å². The number of hydrogen-bond donors (Lipinski definition) is 2. The maximum absolute atomic E-state index is 11.9. The molecule has 0 radical (unpaired) electrons. The first-order valence-electron chi connectivity index (χ1n) is 5.75. The van der Waals surface area contributed by atoms with Gasteiger partial charge < -0.3 is 10.6 Å². The van der Waals surface area contributed by atoms with E-state index in [9.17, 15) is 4.79 Å². The van der Waals surface area contributed by atoms with Crippen molar-refractivity contribution in [3.8, 4) is 0 Å². The second-order valence-electron chi connectivity index (χ2n) is 4.14. The van der Waals surface area contributed by atoms with Crippen LogP contribution in [0.25, 0.3) is 0 Å². The van der Waals surface area contributed by atoms with Crippen LogP contribution in [0.2, 0.25) is 15.1 Å². The largest absolute Gasteiger partial charge is 0.323 e. The molecule has 2 N–H and O–H groups in total. The monoisotopic (exact) mass is 328 g/mol. The van der Waals surface area contributed by atoms with Gasteiger partial charge in [-0.05, 0) is 36.8 Å². The maximum atomic E-state index is 11.9. The molecule has 20 heavy (non-hydrogen) atoms. The highest BCUT2D eigenvalue weighted by molar-refractivity contribution is 6.44. The zero-order valence-corrected chi connectivity index (χ0v) is 12.8. The third-order valence-corrected chi connectivity index (χ3v) is 3.86. The van der Waals surface area contributed by atoms with Gasteiger partial charge in [0, 0.05) is 10.7 Å². The Balaban J connectivity index is 2.09. The summed E-state index contributed by atoms with van der Waals surface area (Å²) in [6.45, 7) is 1.89. The molecule has 0 spiro atoms. The van der Waals surface area contributed by atoms with E-state index in [1.807, 2.05) is 13.0 Å². The normalized spacial score (nSPS) is 10.2. The summed E-state index contributed by atoms with van der Waals surface area (Å²) >= 11 is 17.9. The van der Waals surface area contributed by atoms with Crippen molar-refractivity contribution >= 4 is 52.2 Å². The Morgan fingerprint density at radius 3 is 2.45 bits per heavy atom. The molecule has 0 aliphatic heterocycles. The average molecular weight is 330 g/mol. The Morgan fingerprint density at radius 2 is 1.75 bits per heavy atom. The van der Waals surface area contributed by atoms with Gasteiger partial charge in [-0.25, -0.2) is 4.79 Å². The molecule has 0 heterocycles. The number of nitrogens with one attached hydrogen (secondary N) is 2. The van der Waals surface area contributed by atoms with E-state index in [1.54, 1.807) is 30.3 Å². The predicted octanol–water partition coefficient (Wildman–Crippen LogP) is 5.60. The number of amides is 2. The summed E-state index contributed by atoms with van der Waals surface area (Å²) in [5.41, 5.74) is 1.97. The summed E-state index contributed by atoms with van der Waals surface area (Å²) in [5.74, 6) is 0. The fourth-order valence-corrected chi connectivity index (χ4v) is 2.08. The maximum Gasteiger partial charge on any atom is 0.323 e. The van der Waals surface area contributed by atoms with Gasteiger partial charge in [0.2, 0.25) is 0 Å². The molecule has 0 aromatic heterocycles. The smallest absolute Gasteiger partial charge is 0.308 e. The van der Waals surface area contributed by atoms with Gasteiger partial charge in [-0.2, -0.15) is 0 Å². The van der Waals surface area contributed by atoms with Crippen molar-refractivity contribution < 1.29 is 4.79 Å². The number of hydrogen-bond acceptors (Lipinski definition) is 1. The number of benzene rings is 2. The van der Waals surface area contributed by atoms with E-state index in [4.69, 9.17) is 34.8 Å². The molecule has 2 aromatic carbocycles. The number of aryl methyl sites for hydroxylation is 1. The molecule has 0 unspecified atom stereocenters. The molecule has 0 aliphatic rings. The van der Waals surface area contributed by atoms with Crippen molar-refractivity contribution in [2.45, 2.75) is 6.92 Å². The molecule has 0 atom stereocenters. The van der Waals surface area contributed by atoms with Gasteiger partial charge in [0.25, 0.3) is 0 Å². The van der Waals surface area contributed by atoms with E-state index in [-0.39, 0.29) is 0 Å². The van der Waals surface area contributed by atoms with Gasteiger partial charge >= 0.3 is 6.03 Å². The number of halogens is 3. The SMILES string of the molecule is Cc1ccc(NC(=O)Nc2cccc(Cl)c2Cl)cc1Cl. The molecule has 0 aliphatic carbocycles. The summed E-state index contributed by atoms with van der Waals surface area (Å²) < 4.78 is 0. The van der Waals surface area contributed by atoms with Crippen LogP contribution in [0.1, 0.15) is 5.56 Å². The first-order chi connectivity index (χ1) is 9.47. The quantitative estimate of drug-likeness (QED) is 0.740. The minimum atomic E-state index is -0.422. The van der Waals surface area contributed by atoms with E-state index in [2.05, 4.69) is 10.6 Å². The second-order valence-corrected chi connectivity index (χ2v) is 5.34. The van der Waals surface area contributed by atoms with Crippen molar-refractivity contribution in [1.82, 2.24) is 0 Å². The third kappa shape index (κ3) is 3.57. The lowest BCUT2D eigenvalue weighted by atomic mass is 10.2. The van der Waals surface area contributed by atoms with Gasteiger partial charge in [-0.3, -0.25) is 0 Å². The summed E-state index contributed by atoms with van der Waals surface area (Å²) in [5, 5.41) is 6.55. The van der Waals surface area contributed by atoms with Crippen LogP contribution >= 0.6 is 34.8 Å². The Kier molecular flexibility index (Phi) is 4.76. The van der Waals surface area contributed by atoms with Crippen LogP contribution in [-0.2, 0) is 0 Å². The van der Waals surface area contributed by atoms with Crippen molar-refractivity contribution in [3.63, 3.8) is 0 Å². The Hall–Kier alpha value is -1.42. The Morgan fingerprint density at radius 1 is 1.00 bits per heavy atom. The van der Waals surface area contributed by atoms with Gasteiger partial charge in [-0.1, -0.05) is 46.9 Å². The molecule has 104 valence electrons. The molecule has 2 aromatic rings. The molecule has 0 saturated carbocycles. The van der Waals surface area contributed by atoms with E-state index in [0.29, 0.717) is 26.4 Å². The van der Waals surface area contributed by atoms with Crippen molar-refractivity contribution in [2.24, 2.45) is 0 Å². The second kappa shape index (κ2) is 6.35. The van der Waals surface area contributed by atoms with Gasteiger partial charge in [0.05, 0.1) is 15.7 Å². The van der Waals surface area contributed by atoms with E-state index in [1.165, 1.54) is 0 Å². The molecule has 0 bridgehead atoms. The fraction of sp³-hybridized carbons (Fsp3) is 0.0714. The number of carbonyl (C=O) groups is 1. The molecule has 3 nitrogen and oxygen atoms in total. The highest BCUT2D eigenvalue weighted by atomic mass is 35.5. The molecule has 0 saturated heterocycles. The van der Waals surface area contributed by atoms with E-state index < -0.39 is 6.03 Å². The number of carbonyl (C=O) groups excluding carboxylic acids is 1. The third-order valence-electron chi connectivity index (χ3n) is 2.63. The lowest BCUT2D eigenvalue weighted by molar-refractivity contribution is 0.262. The van der Waals surface area contributed by atoms with Gasteiger partial charge in [0.15, 0.2) is 0 Å². The molecule has 0 fully saturated rings. The average Bonchev–Trinajstić information content (AvgIpc) is 2.39. The highest BCUT2D eigenvalue weighted by Crippen LogP contribution is 2.29. The molecular weight excluding hydrogens is 319 g/mol. The van der Waals surface area contributed by atoms with Crippen LogP contribution in [-0.4, -0.2) is 6.03 Å². The molecular formula is C14H11Cl3N2O. The summed E-state index contributed by atoms with van der Waals surface area (Å²) in [7, 11) is 0. The molecule has 2 rings (SSSR count). The number of anilines is 2. The lowest BCUT2D eigenvalue weighted by Gasteiger charge is -2.10. The Bertz CT molecular complexity index is 659. The minimum Gasteiger partial charge on any atom is -0.308 e. The van der Waals surface area contributed by atoms with Crippen LogP contribution < -0.4 is 10.6 Å². The minimum absolute atomic E-state index is 0.297. The standard InChI is InChI=1S/C14H11Cl3N2O/c1-8-5-6-9(7-11(8)16)18-14(20)19-12-4-2-3-10(15)13(12)17/h2-7H,1H3,(H2,18,19,20). The summed E-state index contributed by atoms with van der Waals surface area (Å²) in [6, 6.07) is 9.85. The van der Waals surface area contributed by atoms with Gasteiger partial charge in [-0.15, -0.1) is 0 Å². The lowest BCUT2D eigenvalue weighted by Crippen LogP contribution is -2.19. The number of urea groups is 1. The van der Waals surface area contributed by atoms with Crippen LogP contribution in [0, 0.1) is 6.92 Å². The van der Waals surface area contributed by atoms with E-state index >= 15 is 0 Å². The van der Waals surface area contributed by atoms with E-state index in [0.717, 1.165) is 5.56 Å². The van der Waals surface area contributed by atoms with Crippen LogP contribution in [0.15, 0.2) is 36.4 Å². The zero-order chi connectivity index (χ0) is 14.7. The fourth-order valence-electron chi connectivity index (χ4n) is 1.56. The number of rotatable bonds is 2. The first kappa shape index (κ1) is 15.0. The Labute approximate surface area is 131 Å². The molecule has 2 amide bonds. The van der Waals surface area contributed by atoms with Crippen LogP contribution in [0.3, 0.4) is 0 Å². The van der Waals surface area contributed by atoms with Crippen molar-refractivity contribution in [2.75, 3.05) is 10.6 Å². The summed E-state index contributed by atoms with van der Waals surface area (Å²) in [4.78, 5) is 11.9. The van der Waals surface area contributed by atoms with Crippen LogP contribution in [0.5, 0.6) is 0 Å².